The van der Waals surface area contributed by atoms with E-state index in [2.05, 4.69) is 27.9 Å². The van der Waals surface area contributed by atoms with E-state index in [-0.39, 0.29) is 11.3 Å². The minimum Gasteiger partial charge on any atom is -0.356 e. The van der Waals surface area contributed by atoms with Crippen molar-refractivity contribution in [1.82, 2.24) is 14.9 Å². The molecule has 2 saturated heterocycles. The standard InChI is InChI=1S/C21H26N4O/c1-17-5-2-11-23-20(17)24-12-4-8-21(15-24)9-7-19(26)25(16-21)14-18-6-3-10-22-13-18/h2-3,5-6,10-11,13H,4,7-9,12,14-16H2,1H3/t21-/m1/s1. The molecular formula is C21H26N4O. The monoisotopic (exact) mass is 350 g/mol. The third-order valence-corrected chi connectivity index (χ3v) is 5.79. The van der Waals surface area contributed by atoms with Gasteiger partial charge in [-0.25, -0.2) is 4.98 Å². The Morgan fingerprint density at radius 3 is 2.85 bits per heavy atom. The Morgan fingerprint density at radius 1 is 1.15 bits per heavy atom. The highest BCUT2D eigenvalue weighted by atomic mass is 16.2. The number of aryl methyl sites for hydroxylation is 1. The Balaban J connectivity index is 1.52. The van der Waals surface area contributed by atoms with Crippen LogP contribution < -0.4 is 4.90 Å². The van der Waals surface area contributed by atoms with E-state index in [1.165, 1.54) is 12.0 Å². The molecule has 0 N–H and O–H groups in total. The van der Waals surface area contributed by atoms with Crippen LogP contribution in [0.4, 0.5) is 5.82 Å². The zero-order chi connectivity index (χ0) is 18.0. The number of hydrogen-bond acceptors (Lipinski definition) is 4. The van der Waals surface area contributed by atoms with Crippen LogP contribution in [-0.2, 0) is 11.3 Å². The first kappa shape index (κ1) is 17.0. The second-order valence-corrected chi connectivity index (χ2v) is 7.78. The first-order chi connectivity index (χ1) is 12.7. The lowest BCUT2D eigenvalue weighted by molar-refractivity contribution is -0.138. The second kappa shape index (κ2) is 7.06. The molecule has 5 nitrogen and oxygen atoms in total. The molecule has 5 heteroatoms. The number of rotatable bonds is 3. The molecule has 4 heterocycles. The van der Waals surface area contributed by atoms with Gasteiger partial charge in [0.2, 0.25) is 5.91 Å². The minimum absolute atomic E-state index is 0.179. The van der Waals surface area contributed by atoms with Crippen LogP contribution in [0.15, 0.2) is 42.9 Å². The number of nitrogens with zero attached hydrogens (tertiary/aromatic N) is 4. The summed E-state index contributed by atoms with van der Waals surface area (Å²) in [5.41, 5.74) is 2.51. The summed E-state index contributed by atoms with van der Waals surface area (Å²) in [6, 6.07) is 8.11. The summed E-state index contributed by atoms with van der Waals surface area (Å²) >= 11 is 0. The van der Waals surface area contributed by atoms with Crippen LogP contribution >= 0.6 is 0 Å². The molecule has 0 aromatic carbocycles. The fourth-order valence-electron chi connectivity index (χ4n) is 4.49. The number of pyridine rings is 2. The molecule has 136 valence electrons. The first-order valence-electron chi connectivity index (χ1n) is 9.49. The molecule has 4 rings (SSSR count). The van der Waals surface area contributed by atoms with Gasteiger partial charge in [-0.05, 0) is 49.4 Å². The van der Waals surface area contributed by atoms with Crippen LogP contribution in [0.3, 0.4) is 0 Å². The molecule has 2 fully saturated rings. The number of carbonyl (C=O) groups excluding carboxylic acids is 1. The Bertz CT molecular complexity index is 779. The fourth-order valence-corrected chi connectivity index (χ4v) is 4.49. The van der Waals surface area contributed by atoms with Gasteiger partial charge in [0.25, 0.3) is 0 Å². The highest BCUT2D eigenvalue weighted by molar-refractivity contribution is 5.77. The average Bonchev–Trinajstić information content (AvgIpc) is 2.66. The second-order valence-electron chi connectivity index (χ2n) is 7.78. The Morgan fingerprint density at radius 2 is 2.04 bits per heavy atom. The predicted octanol–water partition coefficient (Wildman–Crippen LogP) is 3.19. The van der Waals surface area contributed by atoms with Crippen molar-refractivity contribution in [3.05, 3.63) is 54.0 Å². The highest BCUT2D eigenvalue weighted by Gasteiger charge is 2.42. The maximum atomic E-state index is 12.5. The van der Waals surface area contributed by atoms with Gasteiger partial charge in [-0.1, -0.05) is 12.1 Å². The molecule has 2 aliphatic heterocycles. The van der Waals surface area contributed by atoms with Crippen molar-refractivity contribution in [1.29, 1.82) is 0 Å². The summed E-state index contributed by atoms with van der Waals surface area (Å²) in [4.78, 5) is 25.8. The zero-order valence-corrected chi connectivity index (χ0v) is 15.4. The Hall–Kier alpha value is -2.43. The van der Waals surface area contributed by atoms with Crippen LogP contribution in [0, 0.1) is 12.3 Å². The topological polar surface area (TPSA) is 49.3 Å². The van der Waals surface area contributed by atoms with E-state index in [0.717, 1.165) is 43.9 Å². The molecule has 2 aromatic heterocycles. The van der Waals surface area contributed by atoms with E-state index in [1.54, 1.807) is 6.20 Å². The molecule has 0 aliphatic carbocycles. The number of piperidine rings is 2. The summed E-state index contributed by atoms with van der Waals surface area (Å²) in [5.74, 6) is 1.37. The van der Waals surface area contributed by atoms with E-state index >= 15 is 0 Å². The van der Waals surface area contributed by atoms with Gasteiger partial charge >= 0.3 is 0 Å². The van der Waals surface area contributed by atoms with Crippen molar-refractivity contribution in [2.24, 2.45) is 5.41 Å². The van der Waals surface area contributed by atoms with Crippen LogP contribution in [-0.4, -0.2) is 40.4 Å². The van der Waals surface area contributed by atoms with E-state index < -0.39 is 0 Å². The summed E-state index contributed by atoms with van der Waals surface area (Å²) in [7, 11) is 0. The summed E-state index contributed by atoms with van der Waals surface area (Å²) in [5, 5.41) is 0. The Labute approximate surface area is 155 Å². The average molecular weight is 350 g/mol. The maximum absolute atomic E-state index is 12.5. The smallest absolute Gasteiger partial charge is 0.222 e. The summed E-state index contributed by atoms with van der Waals surface area (Å²) < 4.78 is 0. The lowest BCUT2D eigenvalue weighted by Crippen LogP contribution is -2.54. The molecule has 0 unspecified atom stereocenters. The van der Waals surface area contributed by atoms with Crippen LogP contribution in [0.25, 0.3) is 0 Å². The van der Waals surface area contributed by atoms with Gasteiger partial charge in [-0.15, -0.1) is 0 Å². The minimum atomic E-state index is 0.179. The lowest BCUT2D eigenvalue weighted by Gasteiger charge is -2.48. The quantitative estimate of drug-likeness (QED) is 0.853. The first-order valence-corrected chi connectivity index (χ1v) is 9.49. The largest absolute Gasteiger partial charge is 0.356 e. The van der Waals surface area contributed by atoms with E-state index in [4.69, 9.17) is 0 Å². The molecular weight excluding hydrogens is 324 g/mol. The molecule has 2 aromatic rings. The predicted molar refractivity (Wildman–Crippen MR) is 102 cm³/mol. The van der Waals surface area contributed by atoms with Crippen molar-refractivity contribution in [3.63, 3.8) is 0 Å². The number of amides is 1. The highest BCUT2D eigenvalue weighted by Crippen LogP contribution is 2.40. The Kier molecular flexibility index (Phi) is 4.62. The number of hydrogen-bond donors (Lipinski definition) is 0. The molecule has 1 amide bonds. The van der Waals surface area contributed by atoms with E-state index in [1.807, 2.05) is 35.5 Å². The van der Waals surface area contributed by atoms with E-state index in [9.17, 15) is 4.79 Å². The molecule has 0 bridgehead atoms. The molecule has 0 saturated carbocycles. The van der Waals surface area contributed by atoms with Gasteiger partial charge in [0, 0.05) is 56.6 Å². The number of aromatic nitrogens is 2. The normalized spacial score (nSPS) is 23.5. The molecule has 1 spiro atoms. The summed E-state index contributed by atoms with van der Waals surface area (Å²) in [6.07, 6.45) is 9.49. The molecule has 2 aliphatic rings. The third kappa shape index (κ3) is 3.43. The van der Waals surface area contributed by atoms with Crippen LogP contribution in [0.1, 0.15) is 36.8 Å². The van der Waals surface area contributed by atoms with Gasteiger partial charge in [0.15, 0.2) is 0 Å². The van der Waals surface area contributed by atoms with Crippen LogP contribution in [0.2, 0.25) is 0 Å². The molecule has 1 atom stereocenters. The van der Waals surface area contributed by atoms with Crippen molar-refractivity contribution < 1.29 is 4.79 Å². The van der Waals surface area contributed by atoms with Crippen molar-refractivity contribution >= 4 is 11.7 Å². The number of anilines is 1. The van der Waals surface area contributed by atoms with Crippen molar-refractivity contribution in [3.8, 4) is 0 Å². The van der Waals surface area contributed by atoms with Crippen LogP contribution in [0.5, 0.6) is 0 Å². The number of carbonyl (C=O) groups is 1. The molecule has 26 heavy (non-hydrogen) atoms. The van der Waals surface area contributed by atoms with Gasteiger partial charge in [0.1, 0.15) is 5.82 Å². The van der Waals surface area contributed by atoms with Crippen molar-refractivity contribution in [2.45, 2.75) is 39.2 Å². The maximum Gasteiger partial charge on any atom is 0.222 e. The lowest BCUT2D eigenvalue weighted by atomic mass is 9.73. The SMILES string of the molecule is Cc1cccnc1N1CCC[C@@]2(CCC(=O)N(Cc3cccnc3)C2)C1. The van der Waals surface area contributed by atoms with Gasteiger partial charge in [0.05, 0.1) is 0 Å². The van der Waals surface area contributed by atoms with Gasteiger partial charge in [-0.3, -0.25) is 9.78 Å². The summed E-state index contributed by atoms with van der Waals surface area (Å²) in [6.45, 7) is 5.67. The van der Waals surface area contributed by atoms with Gasteiger partial charge in [-0.2, -0.15) is 0 Å². The van der Waals surface area contributed by atoms with E-state index in [0.29, 0.717) is 13.0 Å². The molecule has 0 radical (unpaired) electrons. The third-order valence-electron chi connectivity index (χ3n) is 5.79. The zero-order valence-electron chi connectivity index (χ0n) is 15.4. The number of likely N-dealkylation sites (tertiary alicyclic amines) is 1. The fraction of sp³-hybridized carbons (Fsp3) is 0.476. The van der Waals surface area contributed by atoms with Gasteiger partial charge < -0.3 is 9.80 Å². The van der Waals surface area contributed by atoms with Crippen molar-refractivity contribution in [2.75, 3.05) is 24.5 Å².